The highest BCUT2D eigenvalue weighted by atomic mass is 16.3. The van der Waals surface area contributed by atoms with Crippen molar-refractivity contribution in [1.29, 1.82) is 0 Å². The lowest BCUT2D eigenvalue weighted by molar-refractivity contribution is 0.198. The van der Waals surface area contributed by atoms with Gasteiger partial charge in [-0.1, -0.05) is 6.07 Å². The fourth-order valence-electron chi connectivity index (χ4n) is 3.32. The van der Waals surface area contributed by atoms with Crippen LogP contribution in [0, 0.1) is 0 Å². The first-order chi connectivity index (χ1) is 9.15. The van der Waals surface area contributed by atoms with Gasteiger partial charge in [0.2, 0.25) is 0 Å². The molecule has 4 heteroatoms. The molecule has 1 aromatic rings. The van der Waals surface area contributed by atoms with E-state index in [9.17, 15) is 5.11 Å². The molecule has 0 bridgehead atoms. The lowest BCUT2D eigenvalue weighted by atomic mass is 10.1. The van der Waals surface area contributed by atoms with E-state index in [1.165, 1.54) is 19.4 Å². The smallest absolute Gasteiger partial charge is 0.128 e. The second-order valence-electron chi connectivity index (χ2n) is 5.92. The number of aromatic nitrogens is 1. The summed E-state index contributed by atoms with van der Waals surface area (Å²) in [5.41, 5.74) is 0.885. The largest absolute Gasteiger partial charge is 0.389 e. The van der Waals surface area contributed by atoms with Crippen molar-refractivity contribution in [3.63, 3.8) is 0 Å². The topological polar surface area (TPSA) is 39.6 Å². The average Bonchev–Trinajstić information content (AvgIpc) is 2.85. The van der Waals surface area contributed by atoms with Gasteiger partial charge in [0.15, 0.2) is 0 Å². The van der Waals surface area contributed by atoms with Crippen molar-refractivity contribution in [3.8, 4) is 0 Å². The molecular formula is C15H23N3O. The molecule has 2 aliphatic heterocycles. The molecule has 3 heterocycles. The first-order valence-electron chi connectivity index (χ1n) is 7.30. The number of pyridine rings is 1. The lowest BCUT2D eigenvalue weighted by Crippen LogP contribution is -2.55. The van der Waals surface area contributed by atoms with E-state index in [2.05, 4.69) is 21.7 Å². The van der Waals surface area contributed by atoms with Crippen LogP contribution in [0.5, 0.6) is 0 Å². The quantitative estimate of drug-likeness (QED) is 0.881. The third-order valence-corrected chi connectivity index (χ3v) is 4.48. The molecule has 0 spiro atoms. The van der Waals surface area contributed by atoms with E-state index in [1.54, 1.807) is 13.1 Å². The molecule has 3 rings (SSSR count). The first kappa shape index (κ1) is 12.9. The maximum absolute atomic E-state index is 9.54. The normalized spacial score (nSPS) is 29.3. The number of hydrogen-bond donors (Lipinski definition) is 1. The van der Waals surface area contributed by atoms with Gasteiger partial charge in [-0.05, 0) is 44.9 Å². The summed E-state index contributed by atoms with van der Waals surface area (Å²) < 4.78 is 0. The van der Waals surface area contributed by atoms with Crippen LogP contribution in [-0.2, 0) is 0 Å². The molecule has 2 unspecified atom stereocenters. The van der Waals surface area contributed by atoms with E-state index in [0.29, 0.717) is 12.1 Å². The SMILES string of the molecule is CC1CN2CCCC2CN1c1ccc([C@@H](C)O)cn1. The second kappa shape index (κ2) is 5.10. The molecule has 104 valence electrons. The molecule has 19 heavy (non-hydrogen) atoms. The lowest BCUT2D eigenvalue weighted by Gasteiger charge is -2.43. The molecule has 0 amide bonds. The van der Waals surface area contributed by atoms with E-state index in [0.717, 1.165) is 24.5 Å². The van der Waals surface area contributed by atoms with Crippen LogP contribution in [0.2, 0.25) is 0 Å². The Morgan fingerprint density at radius 1 is 1.37 bits per heavy atom. The predicted octanol–water partition coefficient (Wildman–Crippen LogP) is 1.81. The Hall–Kier alpha value is -1.13. The summed E-state index contributed by atoms with van der Waals surface area (Å²) in [5.74, 6) is 1.04. The van der Waals surface area contributed by atoms with Crippen LogP contribution < -0.4 is 4.90 Å². The molecule has 1 N–H and O–H groups in total. The summed E-state index contributed by atoms with van der Waals surface area (Å²) in [6.45, 7) is 7.54. The van der Waals surface area contributed by atoms with Crippen LogP contribution >= 0.6 is 0 Å². The van der Waals surface area contributed by atoms with Crippen LogP contribution in [0.25, 0.3) is 0 Å². The van der Waals surface area contributed by atoms with Gasteiger partial charge in [0, 0.05) is 31.4 Å². The molecule has 4 nitrogen and oxygen atoms in total. The van der Waals surface area contributed by atoms with Crippen LogP contribution in [0.4, 0.5) is 5.82 Å². The number of rotatable bonds is 2. The minimum Gasteiger partial charge on any atom is -0.389 e. The van der Waals surface area contributed by atoms with E-state index in [-0.39, 0.29) is 0 Å². The third-order valence-electron chi connectivity index (χ3n) is 4.48. The summed E-state index contributed by atoms with van der Waals surface area (Å²) in [6.07, 6.45) is 4.01. The molecule has 0 aliphatic carbocycles. The van der Waals surface area contributed by atoms with Gasteiger partial charge in [0.05, 0.1) is 6.10 Å². The Bertz CT molecular complexity index is 432. The number of nitrogens with zero attached hydrogens (tertiary/aromatic N) is 3. The summed E-state index contributed by atoms with van der Waals surface area (Å²) in [6, 6.07) is 5.25. The van der Waals surface area contributed by atoms with E-state index in [4.69, 9.17) is 0 Å². The third kappa shape index (κ3) is 2.47. The van der Waals surface area contributed by atoms with Gasteiger partial charge in [-0.3, -0.25) is 4.90 Å². The van der Waals surface area contributed by atoms with Gasteiger partial charge < -0.3 is 10.0 Å². The summed E-state index contributed by atoms with van der Waals surface area (Å²) in [7, 11) is 0. The Balaban J connectivity index is 1.77. The van der Waals surface area contributed by atoms with Gasteiger partial charge >= 0.3 is 0 Å². The highest BCUT2D eigenvalue weighted by molar-refractivity contribution is 5.42. The molecular weight excluding hydrogens is 238 g/mol. The van der Waals surface area contributed by atoms with Crippen molar-refractivity contribution in [2.45, 2.75) is 44.9 Å². The number of aliphatic hydroxyl groups is 1. The maximum atomic E-state index is 9.54. The fraction of sp³-hybridized carbons (Fsp3) is 0.667. The minimum absolute atomic E-state index is 0.439. The molecule has 3 atom stereocenters. The van der Waals surface area contributed by atoms with Gasteiger partial charge in [-0.25, -0.2) is 4.98 Å². The monoisotopic (exact) mass is 261 g/mol. The van der Waals surface area contributed by atoms with Crippen molar-refractivity contribution in [1.82, 2.24) is 9.88 Å². The first-order valence-corrected chi connectivity index (χ1v) is 7.30. The standard InChI is InChI=1S/C15H23N3O/c1-11-9-17-7-3-4-14(17)10-18(11)15-6-5-13(8-16-15)12(2)19/h5-6,8,11-12,14,19H,3-4,7,9-10H2,1-2H3/t11?,12-,14?/m1/s1. The number of piperazine rings is 1. The van der Waals surface area contributed by atoms with Crippen molar-refractivity contribution < 1.29 is 5.11 Å². The van der Waals surface area contributed by atoms with Gasteiger partial charge in [-0.15, -0.1) is 0 Å². The Morgan fingerprint density at radius 3 is 2.89 bits per heavy atom. The number of hydrogen-bond acceptors (Lipinski definition) is 4. The van der Waals surface area contributed by atoms with E-state index < -0.39 is 6.10 Å². The number of fused-ring (bicyclic) bond motifs is 1. The minimum atomic E-state index is -0.439. The Morgan fingerprint density at radius 2 is 2.21 bits per heavy atom. The van der Waals surface area contributed by atoms with E-state index >= 15 is 0 Å². The molecule has 2 aliphatic rings. The molecule has 2 fully saturated rings. The summed E-state index contributed by atoms with van der Waals surface area (Å²) >= 11 is 0. The Labute approximate surface area is 115 Å². The summed E-state index contributed by atoms with van der Waals surface area (Å²) in [5, 5.41) is 9.54. The van der Waals surface area contributed by atoms with Crippen molar-refractivity contribution in [3.05, 3.63) is 23.9 Å². The molecule has 1 aromatic heterocycles. The molecule has 2 saturated heterocycles. The van der Waals surface area contributed by atoms with Crippen LogP contribution in [0.3, 0.4) is 0 Å². The fourth-order valence-corrected chi connectivity index (χ4v) is 3.32. The van der Waals surface area contributed by atoms with Crippen LogP contribution in [0.1, 0.15) is 38.4 Å². The predicted molar refractivity (Wildman–Crippen MR) is 76.3 cm³/mol. The van der Waals surface area contributed by atoms with Crippen LogP contribution in [0.15, 0.2) is 18.3 Å². The van der Waals surface area contributed by atoms with Crippen molar-refractivity contribution in [2.75, 3.05) is 24.5 Å². The highest BCUT2D eigenvalue weighted by Crippen LogP contribution is 2.28. The molecule has 0 radical (unpaired) electrons. The zero-order chi connectivity index (χ0) is 13.4. The van der Waals surface area contributed by atoms with Crippen LogP contribution in [-0.4, -0.2) is 46.7 Å². The van der Waals surface area contributed by atoms with Gasteiger partial charge in [0.1, 0.15) is 5.82 Å². The highest BCUT2D eigenvalue weighted by Gasteiger charge is 2.34. The molecule has 0 aromatic carbocycles. The van der Waals surface area contributed by atoms with Gasteiger partial charge in [-0.2, -0.15) is 0 Å². The van der Waals surface area contributed by atoms with Crippen molar-refractivity contribution >= 4 is 5.82 Å². The number of aliphatic hydroxyl groups excluding tert-OH is 1. The summed E-state index contributed by atoms with van der Waals surface area (Å²) in [4.78, 5) is 9.57. The Kier molecular flexibility index (Phi) is 3.46. The zero-order valence-electron chi connectivity index (χ0n) is 11.8. The maximum Gasteiger partial charge on any atom is 0.128 e. The molecule has 0 saturated carbocycles. The second-order valence-corrected chi connectivity index (χ2v) is 5.92. The number of anilines is 1. The average molecular weight is 261 g/mol. The van der Waals surface area contributed by atoms with Crippen molar-refractivity contribution in [2.24, 2.45) is 0 Å². The van der Waals surface area contributed by atoms with E-state index in [1.807, 2.05) is 12.1 Å². The van der Waals surface area contributed by atoms with Gasteiger partial charge in [0.25, 0.3) is 0 Å². The zero-order valence-corrected chi connectivity index (χ0v) is 11.8.